The summed E-state index contributed by atoms with van der Waals surface area (Å²) in [7, 11) is -1.59. The summed E-state index contributed by atoms with van der Waals surface area (Å²) in [6.45, 7) is 1.82. The predicted octanol–water partition coefficient (Wildman–Crippen LogP) is 1.32. The second-order valence-corrected chi connectivity index (χ2v) is 7.78. The summed E-state index contributed by atoms with van der Waals surface area (Å²) < 4.78 is 24.3. The maximum atomic E-state index is 12.1. The van der Waals surface area contributed by atoms with Crippen molar-refractivity contribution >= 4 is 27.3 Å². The van der Waals surface area contributed by atoms with Crippen LogP contribution in [0.5, 0.6) is 0 Å². The minimum atomic E-state index is -3.62. The normalized spacial score (nSPS) is 17.6. The molecule has 0 spiro atoms. The lowest BCUT2D eigenvalue weighted by Crippen LogP contribution is -2.45. The first-order chi connectivity index (χ1) is 9.87. The summed E-state index contributed by atoms with van der Waals surface area (Å²) >= 11 is 5.73. The van der Waals surface area contributed by atoms with Gasteiger partial charge in [-0.05, 0) is 57.2 Å². The number of benzene rings is 1. The van der Waals surface area contributed by atoms with Gasteiger partial charge in [0, 0.05) is 11.1 Å². The number of carbonyl (C=O) groups excluding carboxylic acids is 1. The number of hydrogen-bond acceptors (Lipinski definition) is 4. The van der Waals surface area contributed by atoms with E-state index in [4.69, 9.17) is 11.6 Å². The highest BCUT2D eigenvalue weighted by molar-refractivity contribution is 7.92. The first-order valence-corrected chi connectivity index (χ1v) is 8.86. The molecule has 0 saturated carbocycles. The van der Waals surface area contributed by atoms with E-state index >= 15 is 0 Å². The molecular formula is C14H19ClN2O3S. The van der Waals surface area contributed by atoms with Crippen molar-refractivity contribution < 1.29 is 13.2 Å². The quantitative estimate of drug-likeness (QED) is 0.904. The number of nitrogens with one attached hydrogen (secondary N) is 1. The van der Waals surface area contributed by atoms with Gasteiger partial charge in [-0.25, -0.2) is 8.42 Å². The molecule has 0 bridgehead atoms. The number of halogens is 1. The van der Waals surface area contributed by atoms with Gasteiger partial charge in [-0.1, -0.05) is 11.6 Å². The Hall–Kier alpha value is -1.11. The Morgan fingerprint density at radius 2 is 1.86 bits per heavy atom. The van der Waals surface area contributed by atoms with Crippen molar-refractivity contribution in [3.63, 3.8) is 0 Å². The van der Waals surface area contributed by atoms with Gasteiger partial charge in [0.25, 0.3) is 0 Å². The smallest absolute Gasteiger partial charge is 0.235 e. The third-order valence-electron chi connectivity index (χ3n) is 3.58. The fourth-order valence-electron chi connectivity index (χ4n) is 2.32. The molecule has 1 aromatic rings. The van der Waals surface area contributed by atoms with Crippen LogP contribution in [0.15, 0.2) is 29.2 Å². The molecule has 0 radical (unpaired) electrons. The van der Waals surface area contributed by atoms with Crippen molar-refractivity contribution in [2.24, 2.45) is 0 Å². The van der Waals surface area contributed by atoms with Crippen LogP contribution in [0.25, 0.3) is 0 Å². The molecule has 0 atom stereocenters. The van der Waals surface area contributed by atoms with Crippen LogP contribution in [0.2, 0.25) is 5.02 Å². The van der Waals surface area contributed by atoms with Crippen LogP contribution >= 0.6 is 11.6 Å². The molecule has 1 aliphatic heterocycles. The molecule has 1 saturated heterocycles. The number of nitrogens with zero attached hydrogens (tertiary/aromatic N) is 1. The van der Waals surface area contributed by atoms with Crippen LogP contribution < -0.4 is 5.32 Å². The molecule has 1 aliphatic rings. The van der Waals surface area contributed by atoms with Gasteiger partial charge in [-0.2, -0.15) is 0 Å². The van der Waals surface area contributed by atoms with Crippen molar-refractivity contribution in [3.05, 3.63) is 29.3 Å². The molecular weight excluding hydrogens is 312 g/mol. The van der Waals surface area contributed by atoms with Crippen LogP contribution in [0.1, 0.15) is 12.8 Å². The lowest BCUT2D eigenvalue weighted by atomic mass is 10.1. The molecule has 116 valence electrons. The average Bonchev–Trinajstić information content (AvgIpc) is 2.41. The van der Waals surface area contributed by atoms with Crippen molar-refractivity contribution in [2.75, 3.05) is 25.9 Å². The predicted molar refractivity (Wildman–Crippen MR) is 82.2 cm³/mol. The number of hydrogen-bond donors (Lipinski definition) is 1. The van der Waals surface area contributed by atoms with Crippen LogP contribution in [0.3, 0.4) is 0 Å². The van der Waals surface area contributed by atoms with E-state index in [2.05, 4.69) is 10.2 Å². The van der Waals surface area contributed by atoms with Crippen LogP contribution in [-0.4, -0.2) is 51.2 Å². The number of likely N-dealkylation sites (tertiary alicyclic amines) is 1. The zero-order chi connectivity index (χ0) is 15.5. The molecule has 1 amide bonds. The number of piperidine rings is 1. The topological polar surface area (TPSA) is 66.5 Å². The summed E-state index contributed by atoms with van der Waals surface area (Å²) in [5.74, 6) is -0.972. The van der Waals surface area contributed by atoms with E-state index in [0.717, 1.165) is 25.9 Å². The molecule has 1 aromatic carbocycles. The zero-order valence-electron chi connectivity index (χ0n) is 11.9. The van der Waals surface area contributed by atoms with Gasteiger partial charge in [0.2, 0.25) is 5.91 Å². The van der Waals surface area contributed by atoms with E-state index in [0.29, 0.717) is 5.02 Å². The summed E-state index contributed by atoms with van der Waals surface area (Å²) in [6, 6.07) is 5.90. The Kier molecular flexibility index (Phi) is 5.24. The first-order valence-electron chi connectivity index (χ1n) is 6.83. The molecule has 1 heterocycles. The highest BCUT2D eigenvalue weighted by atomic mass is 35.5. The van der Waals surface area contributed by atoms with Crippen molar-refractivity contribution in [3.8, 4) is 0 Å². The van der Waals surface area contributed by atoms with Crippen molar-refractivity contribution in [1.82, 2.24) is 10.2 Å². The molecule has 21 heavy (non-hydrogen) atoms. The molecule has 1 fully saturated rings. The summed E-state index contributed by atoms with van der Waals surface area (Å²) in [5.41, 5.74) is 0. The average molecular weight is 331 g/mol. The van der Waals surface area contributed by atoms with Crippen molar-refractivity contribution in [2.45, 2.75) is 23.8 Å². The standard InChI is InChI=1S/C14H19ClN2O3S/c1-17-8-6-12(7-9-17)16-14(18)10-21(19,20)13-4-2-11(15)3-5-13/h2-5,12H,6-10H2,1H3,(H,16,18). The number of amides is 1. The summed E-state index contributed by atoms with van der Waals surface area (Å²) in [6.07, 6.45) is 1.70. The minimum Gasteiger partial charge on any atom is -0.352 e. The Morgan fingerprint density at radius 3 is 2.43 bits per heavy atom. The number of rotatable bonds is 4. The van der Waals surface area contributed by atoms with Gasteiger partial charge in [-0.3, -0.25) is 4.79 Å². The highest BCUT2D eigenvalue weighted by Crippen LogP contribution is 2.15. The maximum absolute atomic E-state index is 12.1. The third-order valence-corrected chi connectivity index (χ3v) is 5.46. The van der Waals surface area contributed by atoms with Gasteiger partial charge < -0.3 is 10.2 Å². The first kappa shape index (κ1) is 16.3. The van der Waals surface area contributed by atoms with Gasteiger partial charge >= 0.3 is 0 Å². The van der Waals surface area contributed by atoms with E-state index < -0.39 is 21.5 Å². The number of sulfone groups is 1. The highest BCUT2D eigenvalue weighted by Gasteiger charge is 2.23. The van der Waals surface area contributed by atoms with Crippen LogP contribution in [0, 0.1) is 0 Å². The molecule has 1 N–H and O–H groups in total. The lowest BCUT2D eigenvalue weighted by Gasteiger charge is -2.29. The third kappa shape index (κ3) is 4.69. The van der Waals surface area contributed by atoms with Gasteiger partial charge in [0.1, 0.15) is 5.75 Å². The van der Waals surface area contributed by atoms with Crippen molar-refractivity contribution in [1.29, 1.82) is 0 Å². The Labute approximate surface area is 130 Å². The van der Waals surface area contributed by atoms with Crippen LogP contribution in [0.4, 0.5) is 0 Å². The summed E-state index contributed by atoms with van der Waals surface area (Å²) in [5, 5.41) is 3.27. The zero-order valence-corrected chi connectivity index (χ0v) is 13.5. The van der Waals surface area contributed by atoms with E-state index in [-0.39, 0.29) is 10.9 Å². The fraction of sp³-hybridized carbons (Fsp3) is 0.500. The molecule has 2 rings (SSSR count). The number of carbonyl (C=O) groups is 1. The molecule has 0 aromatic heterocycles. The van der Waals surface area contributed by atoms with Gasteiger partial charge in [0.05, 0.1) is 4.90 Å². The maximum Gasteiger partial charge on any atom is 0.235 e. The molecule has 5 nitrogen and oxygen atoms in total. The fourth-order valence-corrected chi connectivity index (χ4v) is 3.59. The van der Waals surface area contributed by atoms with E-state index in [1.807, 2.05) is 7.05 Å². The second-order valence-electron chi connectivity index (χ2n) is 5.36. The Morgan fingerprint density at radius 1 is 1.29 bits per heavy atom. The Balaban J connectivity index is 1.93. The van der Waals surface area contributed by atoms with E-state index in [1.54, 1.807) is 0 Å². The molecule has 0 aliphatic carbocycles. The molecule has 7 heteroatoms. The Bertz CT molecular complexity index is 593. The molecule has 0 unspecified atom stereocenters. The summed E-state index contributed by atoms with van der Waals surface area (Å²) in [4.78, 5) is 14.2. The second kappa shape index (κ2) is 6.77. The van der Waals surface area contributed by atoms with E-state index in [9.17, 15) is 13.2 Å². The van der Waals surface area contributed by atoms with Gasteiger partial charge in [0.15, 0.2) is 9.84 Å². The largest absolute Gasteiger partial charge is 0.352 e. The van der Waals surface area contributed by atoms with E-state index in [1.165, 1.54) is 24.3 Å². The minimum absolute atomic E-state index is 0.0640. The van der Waals surface area contributed by atoms with Crippen LogP contribution in [-0.2, 0) is 14.6 Å². The lowest BCUT2D eigenvalue weighted by molar-refractivity contribution is -0.119. The SMILES string of the molecule is CN1CCC(NC(=O)CS(=O)(=O)c2ccc(Cl)cc2)CC1. The monoisotopic (exact) mass is 330 g/mol. The van der Waals surface area contributed by atoms with Gasteiger partial charge in [-0.15, -0.1) is 0 Å².